The largest absolute Gasteiger partial charge is 0.324 e. The van der Waals surface area contributed by atoms with Crippen molar-refractivity contribution < 1.29 is 0 Å². The Hall–Kier alpha value is -1.41. The third kappa shape index (κ3) is 2.85. The van der Waals surface area contributed by atoms with Gasteiger partial charge in [-0.25, -0.2) is 0 Å². The van der Waals surface area contributed by atoms with Gasteiger partial charge in [-0.3, -0.25) is 4.98 Å². The number of hydrogen-bond donors (Lipinski definition) is 1. The molecule has 0 spiro atoms. The van der Waals surface area contributed by atoms with E-state index in [4.69, 9.17) is 5.73 Å². The Kier molecular flexibility index (Phi) is 4.31. The molecule has 106 valence electrons. The highest BCUT2D eigenvalue weighted by Gasteiger charge is 2.21. The van der Waals surface area contributed by atoms with Crippen molar-refractivity contribution in [1.82, 2.24) is 4.98 Å². The van der Waals surface area contributed by atoms with E-state index >= 15 is 0 Å². The second-order valence-electron chi connectivity index (χ2n) is 6.08. The molecule has 2 aromatic rings. The minimum atomic E-state index is 0.131. The molecule has 0 saturated heterocycles. The molecule has 1 saturated carbocycles. The van der Waals surface area contributed by atoms with Gasteiger partial charge in [0, 0.05) is 23.8 Å². The van der Waals surface area contributed by atoms with E-state index in [1.54, 1.807) is 0 Å². The van der Waals surface area contributed by atoms with Crippen molar-refractivity contribution in [3.8, 4) is 0 Å². The minimum absolute atomic E-state index is 0.131. The molecule has 1 heterocycles. The molecule has 1 aromatic heterocycles. The van der Waals surface area contributed by atoms with Gasteiger partial charge in [0.2, 0.25) is 0 Å². The van der Waals surface area contributed by atoms with E-state index in [0.29, 0.717) is 5.92 Å². The number of nitrogens with zero attached hydrogens (tertiary/aromatic N) is 1. The standard InChI is InChI=1S/C18H24N2/c19-18(14-8-4-2-1-3-5-9-14)17-13-20-12-15-10-6-7-11-16(15)17/h6-7,10-14,18H,1-5,8-9,19H2. The van der Waals surface area contributed by atoms with E-state index in [9.17, 15) is 0 Å². The Morgan fingerprint density at radius 3 is 2.45 bits per heavy atom. The molecule has 0 bridgehead atoms. The van der Waals surface area contributed by atoms with Crippen LogP contribution in [0.25, 0.3) is 10.8 Å². The van der Waals surface area contributed by atoms with E-state index in [0.717, 1.165) is 0 Å². The molecule has 2 heteroatoms. The van der Waals surface area contributed by atoms with Crippen molar-refractivity contribution >= 4 is 10.8 Å². The van der Waals surface area contributed by atoms with Gasteiger partial charge in [0.25, 0.3) is 0 Å². The molecule has 1 fully saturated rings. The van der Waals surface area contributed by atoms with Crippen LogP contribution in [-0.2, 0) is 0 Å². The lowest BCUT2D eigenvalue weighted by Crippen LogP contribution is -2.22. The average molecular weight is 268 g/mol. The molecule has 3 rings (SSSR count). The van der Waals surface area contributed by atoms with Crippen molar-refractivity contribution in [2.24, 2.45) is 11.7 Å². The summed E-state index contributed by atoms with van der Waals surface area (Å²) in [4.78, 5) is 4.39. The van der Waals surface area contributed by atoms with Crippen LogP contribution in [-0.4, -0.2) is 4.98 Å². The molecule has 1 unspecified atom stereocenters. The van der Waals surface area contributed by atoms with Gasteiger partial charge in [-0.15, -0.1) is 0 Å². The predicted octanol–water partition coefficient (Wildman–Crippen LogP) is 4.60. The smallest absolute Gasteiger partial charge is 0.0346 e. The first-order chi connectivity index (χ1) is 9.86. The molecule has 0 amide bonds. The fraction of sp³-hybridized carbons (Fsp3) is 0.500. The van der Waals surface area contributed by atoms with Gasteiger partial charge in [-0.2, -0.15) is 0 Å². The third-order valence-electron chi connectivity index (χ3n) is 4.72. The van der Waals surface area contributed by atoms with Crippen LogP contribution in [0.3, 0.4) is 0 Å². The van der Waals surface area contributed by atoms with Crippen LogP contribution in [0.1, 0.15) is 56.6 Å². The number of aromatic nitrogens is 1. The summed E-state index contributed by atoms with van der Waals surface area (Å²) in [5, 5.41) is 2.48. The normalized spacial score (nSPS) is 19.4. The molecule has 1 aliphatic rings. The Balaban J connectivity index is 1.89. The van der Waals surface area contributed by atoms with Crippen LogP contribution in [0.5, 0.6) is 0 Å². The quantitative estimate of drug-likeness (QED) is 0.864. The number of fused-ring (bicyclic) bond motifs is 1. The number of rotatable bonds is 2. The Bertz CT molecular complexity index is 551. The highest BCUT2D eigenvalue weighted by atomic mass is 14.7. The first-order valence-corrected chi connectivity index (χ1v) is 7.94. The number of hydrogen-bond acceptors (Lipinski definition) is 2. The average Bonchev–Trinajstić information content (AvgIpc) is 2.46. The number of pyridine rings is 1. The topological polar surface area (TPSA) is 38.9 Å². The summed E-state index contributed by atoms with van der Waals surface area (Å²) >= 11 is 0. The highest BCUT2D eigenvalue weighted by molar-refractivity contribution is 5.85. The number of nitrogens with two attached hydrogens (primary N) is 1. The van der Waals surface area contributed by atoms with E-state index in [1.165, 1.54) is 61.3 Å². The van der Waals surface area contributed by atoms with Crippen molar-refractivity contribution in [1.29, 1.82) is 0 Å². The van der Waals surface area contributed by atoms with Gasteiger partial charge in [-0.05, 0) is 29.7 Å². The Morgan fingerprint density at radius 2 is 1.65 bits per heavy atom. The van der Waals surface area contributed by atoms with Crippen molar-refractivity contribution in [2.45, 2.75) is 51.0 Å². The lowest BCUT2D eigenvalue weighted by molar-refractivity contribution is 0.328. The molecule has 2 N–H and O–H groups in total. The van der Waals surface area contributed by atoms with Gasteiger partial charge >= 0.3 is 0 Å². The fourth-order valence-corrected chi connectivity index (χ4v) is 3.51. The molecule has 1 atom stereocenters. The zero-order chi connectivity index (χ0) is 13.8. The van der Waals surface area contributed by atoms with Crippen LogP contribution in [0.15, 0.2) is 36.7 Å². The maximum Gasteiger partial charge on any atom is 0.0346 e. The fourth-order valence-electron chi connectivity index (χ4n) is 3.51. The van der Waals surface area contributed by atoms with Crippen LogP contribution < -0.4 is 5.73 Å². The minimum Gasteiger partial charge on any atom is -0.324 e. The predicted molar refractivity (Wildman–Crippen MR) is 84.5 cm³/mol. The Morgan fingerprint density at radius 1 is 0.950 bits per heavy atom. The molecule has 2 nitrogen and oxygen atoms in total. The molecule has 20 heavy (non-hydrogen) atoms. The van der Waals surface area contributed by atoms with E-state index in [2.05, 4.69) is 29.2 Å². The molecular weight excluding hydrogens is 244 g/mol. The third-order valence-corrected chi connectivity index (χ3v) is 4.72. The second kappa shape index (κ2) is 6.36. The first kappa shape index (κ1) is 13.6. The summed E-state index contributed by atoms with van der Waals surface area (Å²) in [5.41, 5.74) is 7.85. The highest BCUT2D eigenvalue weighted by Crippen LogP contribution is 2.33. The van der Waals surface area contributed by atoms with Gasteiger partial charge in [-0.1, -0.05) is 56.4 Å². The van der Waals surface area contributed by atoms with E-state index < -0.39 is 0 Å². The van der Waals surface area contributed by atoms with Gasteiger partial charge in [0.1, 0.15) is 0 Å². The van der Waals surface area contributed by atoms with Gasteiger partial charge in [0.15, 0.2) is 0 Å². The van der Waals surface area contributed by atoms with Crippen molar-refractivity contribution in [3.63, 3.8) is 0 Å². The summed E-state index contributed by atoms with van der Waals surface area (Å²) in [5.74, 6) is 0.614. The van der Waals surface area contributed by atoms with Gasteiger partial charge in [0.05, 0.1) is 0 Å². The van der Waals surface area contributed by atoms with E-state index in [-0.39, 0.29) is 6.04 Å². The summed E-state index contributed by atoms with van der Waals surface area (Å²) in [7, 11) is 0. The van der Waals surface area contributed by atoms with Crippen molar-refractivity contribution in [2.75, 3.05) is 0 Å². The van der Waals surface area contributed by atoms with Gasteiger partial charge < -0.3 is 5.73 Å². The van der Waals surface area contributed by atoms with Crippen LogP contribution in [0, 0.1) is 5.92 Å². The molecule has 1 aromatic carbocycles. The number of benzene rings is 1. The SMILES string of the molecule is NC(c1cncc2ccccc12)C1CCCCCCC1. The van der Waals surface area contributed by atoms with Crippen LogP contribution in [0.4, 0.5) is 0 Å². The lowest BCUT2D eigenvalue weighted by atomic mass is 9.82. The maximum atomic E-state index is 6.62. The van der Waals surface area contributed by atoms with Crippen molar-refractivity contribution in [3.05, 3.63) is 42.2 Å². The second-order valence-corrected chi connectivity index (χ2v) is 6.08. The summed E-state index contributed by atoms with van der Waals surface area (Å²) in [6, 6.07) is 8.59. The maximum absolute atomic E-state index is 6.62. The van der Waals surface area contributed by atoms with Crippen LogP contribution in [0.2, 0.25) is 0 Å². The molecular formula is C18H24N2. The lowest BCUT2D eigenvalue weighted by Gasteiger charge is -2.26. The monoisotopic (exact) mass is 268 g/mol. The zero-order valence-electron chi connectivity index (χ0n) is 12.1. The summed E-state index contributed by atoms with van der Waals surface area (Å²) in [6.45, 7) is 0. The molecule has 0 aliphatic heterocycles. The Labute approximate surface area is 121 Å². The molecule has 1 aliphatic carbocycles. The summed E-state index contributed by atoms with van der Waals surface area (Å²) in [6.07, 6.45) is 13.3. The molecule has 0 radical (unpaired) electrons. The van der Waals surface area contributed by atoms with E-state index in [1.807, 2.05) is 12.4 Å². The first-order valence-electron chi connectivity index (χ1n) is 7.94. The van der Waals surface area contributed by atoms with Crippen LogP contribution >= 0.6 is 0 Å². The zero-order valence-corrected chi connectivity index (χ0v) is 12.1. The summed E-state index contributed by atoms with van der Waals surface area (Å²) < 4.78 is 0.